The number of hydrogen-bond acceptors (Lipinski definition) is 2. The molecule has 2 nitrogen and oxygen atoms in total. The average molecular weight is 193 g/mol. The summed E-state index contributed by atoms with van der Waals surface area (Å²) in [7, 11) is 0. The Bertz CT molecular complexity index is 466. The molecule has 1 aromatic carbocycles. The number of halogens is 1. The van der Waals surface area contributed by atoms with E-state index in [0.29, 0.717) is 5.82 Å². The monoisotopic (exact) mass is 192 g/mol. The minimum absolute atomic E-state index is 0.553. The number of fused-ring (bicyclic) bond motifs is 1. The third-order valence-electron chi connectivity index (χ3n) is 2.07. The molecule has 0 unspecified atom stereocenters. The molecule has 0 aliphatic carbocycles. The number of aryl methyl sites for hydroxylation is 1. The van der Waals surface area contributed by atoms with Crippen LogP contribution in [0.15, 0.2) is 24.4 Å². The van der Waals surface area contributed by atoms with Gasteiger partial charge in [-0.15, -0.1) is 0 Å². The standard InChI is InChI=1S/C10H9ClN2/c1-6-4-8-7(5-9(6)11)2-3-13-10(8)12/h2-5H,1H3,(H2,12,13). The van der Waals surface area contributed by atoms with Gasteiger partial charge in [-0.3, -0.25) is 0 Å². The van der Waals surface area contributed by atoms with Crippen molar-refractivity contribution in [2.45, 2.75) is 6.92 Å². The number of nitrogen functional groups attached to an aromatic ring is 1. The number of pyridine rings is 1. The highest BCUT2D eigenvalue weighted by molar-refractivity contribution is 6.32. The van der Waals surface area contributed by atoms with Gasteiger partial charge in [0, 0.05) is 16.6 Å². The van der Waals surface area contributed by atoms with Crippen LogP contribution >= 0.6 is 11.6 Å². The fourth-order valence-electron chi connectivity index (χ4n) is 1.32. The minimum atomic E-state index is 0.553. The molecule has 2 N–H and O–H groups in total. The average Bonchev–Trinajstić information content (AvgIpc) is 2.09. The van der Waals surface area contributed by atoms with Crippen LogP contribution in [0.4, 0.5) is 5.82 Å². The van der Waals surface area contributed by atoms with Gasteiger partial charge < -0.3 is 5.73 Å². The van der Waals surface area contributed by atoms with E-state index >= 15 is 0 Å². The zero-order valence-corrected chi connectivity index (χ0v) is 7.97. The summed E-state index contributed by atoms with van der Waals surface area (Å²) in [5, 5.41) is 2.76. The smallest absolute Gasteiger partial charge is 0.131 e. The van der Waals surface area contributed by atoms with Gasteiger partial charge in [0.15, 0.2) is 0 Å². The molecule has 0 aliphatic heterocycles. The molecule has 0 bridgehead atoms. The Balaban J connectivity index is 2.89. The van der Waals surface area contributed by atoms with Gasteiger partial charge in [-0.05, 0) is 36.1 Å². The summed E-state index contributed by atoms with van der Waals surface area (Å²) in [5.41, 5.74) is 6.74. The summed E-state index contributed by atoms with van der Waals surface area (Å²) in [6.07, 6.45) is 1.68. The molecule has 0 fully saturated rings. The van der Waals surface area contributed by atoms with Gasteiger partial charge >= 0.3 is 0 Å². The number of aromatic nitrogens is 1. The van der Waals surface area contributed by atoms with Gasteiger partial charge in [-0.1, -0.05) is 11.6 Å². The van der Waals surface area contributed by atoms with E-state index in [0.717, 1.165) is 21.4 Å². The van der Waals surface area contributed by atoms with Crippen molar-refractivity contribution in [2.24, 2.45) is 0 Å². The highest BCUT2D eigenvalue weighted by Crippen LogP contribution is 2.25. The second kappa shape index (κ2) is 2.89. The van der Waals surface area contributed by atoms with E-state index in [4.69, 9.17) is 17.3 Å². The Kier molecular flexibility index (Phi) is 1.85. The van der Waals surface area contributed by atoms with E-state index < -0.39 is 0 Å². The zero-order valence-electron chi connectivity index (χ0n) is 7.21. The van der Waals surface area contributed by atoms with Crippen molar-refractivity contribution in [3.63, 3.8) is 0 Å². The maximum atomic E-state index is 5.98. The van der Waals surface area contributed by atoms with Crippen molar-refractivity contribution >= 4 is 28.2 Å². The van der Waals surface area contributed by atoms with E-state index in [2.05, 4.69) is 4.98 Å². The van der Waals surface area contributed by atoms with E-state index in [1.54, 1.807) is 6.20 Å². The van der Waals surface area contributed by atoms with Crippen LogP contribution in [0, 0.1) is 6.92 Å². The van der Waals surface area contributed by atoms with Gasteiger partial charge in [-0.2, -0.15) is 0 Å². The number of rotatable bonds is 0. The first-order valence-corrected chi connectivity index (χ1v) is 4.36. The molecule has 0 atom stereocenters. The molecule has 0 amide bonds. The third kappa shape index (κ3) is 1.33. The van der Waals surface area contributed by atoms with Crippen molar-refractivity contribution in [3.05, 3.63) is 35.0 Å². The Morgan fingerprint density at radius 3 is 2.92 bits per heavy atom. The van der Waals surface area contributed by atoms with Crippen LogP contribution in [0.1, 0.15) is 5.56 Å². The lowest BCUT2D eigenvalue weighted by Gasteiger charge is -2.03. The molecule has 0 radical (unpaired) electrons. The predicted octanol–water partition coefficient (Wildman–Crippen LogP) is 2.78. The first-order valence-electron chi connectivity index (χ1n) is 3.99. The van der Waals surface area contributed by atoms with Gasteiger partial charge in [-0.25, -0.2) is 4.98 Å². The SMILES string of the molecule is Cc1cc2c(N)nccc2cc1Cl. The van der Waals surface area contributed by atoms with Crippen LogP contribution < -0.4 is 5.73 Å². The van der Waals surface area contributed by atoms with Gasteiger partial charge in [0.25, 0.3) is 0 Å². The van der Waals surface area contributed by atoms with Crippen molar-refractivity contribution in [2.75, 3.05) is 5.73 Å². The fourth-order valence-corrected chi connectivity index (χ4v) is 1.50. The van der Waals surface area contributed by atoms with Gasteiger partial charge in [0.05, 0.1) is 0 Å². The molecule has 1 heterocycles. The van der Waals surface area contributed by atoms with Crippen LogP contribution in [-0.4, -0.2) is 4.98 Å². The number of anilines is 1. The van der Waals surface area contributed by atoms with Crippen LogP contribution in [0.5, 0.6) is 0 Å². The zero-order chi connectivity index (χ0) is 9.42. The summed E-state index contributed by atoms with van der Waals surface area (Å²) >= 11 is 5.98. The summed E-state index contributed by atoms with van der Waals surface area (Å²) in [4.78, 5) is 4.01. The van der Waals surface area contributed by atoms with E-state index in [1.165, 1.54) is 0 Å². The molecule has 0 saturated heterocycles. The Labute approximate surface area is 81.3 Å². The lowest BCUT2D eigenvalue weighted by molar-refractivity contribution is 1.36. The fraction of sp³-hybridized carbons (Fsp3) is 0.100. The highest BCUT2D eigenvalue weighted by Gasteiger charge is 2.01. The first-order chi connectivity index (χ1) is 6.18. The molecular weight excluding hydrogens is 184 g/mol. The van der Waals surface area contributed by atoms with Crippen molar-refractivity contribution in [3.8, 4) is 0 Å². The first kappa shape index (κ1) is 8.32. The van der Waals surface area contributed by atoms with Gasteiger partial charge in [0.2, 0.25) is 0 Å². The molecule has 3 heteroatoms. The maximum Gasteiger partial charge on any atom is 0.131 e. The second-order valence-corrected chi connectivity index (χ2v) is 3.43. The minimum Gasteiger partial charge on any atom is -0.383 e. The summed E-state index contributed by atoms with van der Waals surface area (Å²) < 4.78 is 0. The molecule has 0 saturated carbocycles. The Hall–Kier alpha value is -1.28. The number of hydrogen-bond donors (Lipinski definition) is 1. The molecule has 13 heavy (non-hydrogen) atoms. The van der Waals surface area contributed by atoms with Crippen molar-refractivity contribution in [1.82, 2.24) is 4.98 Å². The molecule has 2 aromatic rings. The van der Waals surface area contributed by atoms with Crippen LogP contribution in [0.25, 0.3) is 10.8 Å². The molecular formula is C10H9ClN2. The molecule has 0 spiro atoms. The normalized spacial score (nSPS) is 10.6. The van der Waals surface area contributed by atoms with Crippen molar-refractivity contribution < 1.29 is 0 Å². The molecule has 1 aromatic heterocycles. The summed E-state index contributed by atoms with van der Waals surface area (Å²) in [5.74, 6) is 0.553. The number of nitrogens with two attached hydrogens (primary N) is 1. The Morgan fingerprint density at radius 1 is 1.38 bits per heavy atom. The quantitative estimate of drug-likeness (QED) is 0.697. The highest BCUT2D eigenvalue weighted by atomic mass is 35.5. The van der Waals surface area contributed by atoms with Crippen molar-refractivity contribution in [1.29, 1.82) is 0 Å². The topological polar surface area (TPSA) is 38.9 Å². The number of nitrogens with zero attached hydrogens (tertiary/aromatic N) is 1. The molecule has 0 aliphatic rings. The number of benzene rings is 1. The van der Waals surface area contributed by atoms with Crippen LogP contribution in [-0.2, 0) is 0 Å². The summed E-state index contributed by atoms with van der Waals surface area (Å²) in [6, 6.07) is 5.77. The molecule has 2 rings (SSSR count). The van der Waals surface area contributed by atoms with E-state index in [1.807, 2.05) is 25.1 Å². The Morgan fingerprint density at radius 2 is 2.15 bits per heavy atom. The third-order valence-corrected chi connectivity index (χ3v) is 2.48. The lowest BCUT2D eigenvalue weighted by atomic mass is 10.1. The van der Waals surface area contributed by atoms with Crippen LogP contribution in [0.3, 0.4) is 0 Å². The van der Waals surface area contributed by atoms with E-state index in [9.17, 15) is 0 Å². The predicted molar refractivity (Wildman–Crippen MR) is 55.9 cm³/mol. The maximum absolute atomic E-state index is 5.98. The van der Waals surface area contributed by atoms with Gasteiger partial charge in [0.1, 0.15) is 5.82 Å². The largest absolute Gasteiger partial charge is 0.383 e. The second-order valence-electron chi connectivity index (χ2n) is 3.02. The van der Waals surface area contributed by atoms with E-state index in [-0.39, 0.29) is 0 Å². The lowest BCUT2D eigenvalue weighted by Crippen LogP contribution is -1.91. The summed E-state index contributed by atoms with van der Waals surface area (Å²) in [6.45, 7) is 1.95. The molecule has 66 valence electrons. The van der Waals surface area contributed by atoms with Crippen LogP contribution in [0.2, 0.25) is 5.02 Å².